The maximum atomic E-state index is 14.9. The number of amides is 6. The lowest BCUT2D eigenvalue weighted by atomic mass is 9.85. The fraction of sp³-hybridized carbons (Fsp3) is 0.395. The van der Waals surface area contributed by atoms with Crippen LogP contribution in [0, 0.1) is 17.7 Å². The molecule has 0 aromatic heterocycles. The Morgan fingerprint density at radius 2 is 1.73 bits per heavy atom. The first-order valence-corrected chi connectivity index (χ1v) is 21.6. The molecule has 15 nitrogen and oxygen atoms in total. The number of anilines is 1. The van der Waals surface area contributed by atoms with E-state index in [-0.39, 0.29) is 60.2 Å². The number of piperidine rings is 2. The Kier molecular flexibility index (Phi) is 11.8. The molecule has 4 aliphatic heterocycles. The number of methoxy groups -OCH3 is 1. The van der Waals surface area contributed by atoms with Gasteiger partial charge in [-0.3, -0.25) is 43.9 Å². The molecule has 60 heavy (non-hydrogen) atoms. The van der Waals surface area contributed by atoms with Crippen molar-refractivity contribution in [3.8, 4) is 23.3 Å². The fourth-order valence-corrected chi connectivity index (χ4v) is 9.39. The largest absolute Gasteiger partial charge is 0.493 e. The molecule has 0 radical (unpaired) electrons. The summed E-state index contributed by atoms with van der Waals surface area (Å²) in [6, 6.07) is 8.28. The second-order valence-electron chi connectivity index (χ2n) is 15.3. The SMILES string of the molecule is CCOc1cc([C@@H](CS(C)(=O)=O)N2C(=O)c3cc(C#CCN4CCC(c5cc(F)cc6c5CN(C5CCC(=O)NC5=O)C6=O)CC4)cc(NC(C)=O)c3C2=O)ccc1OC. The summed E-state index contributed by atoms with van der Waals surface area (Å²) in [7, 11) is -2.30. The van der Waals surface area contributed by atoms with E-state index in [0.717, 1.165) is 16.7 Å². The van der Waals surface area contributed by atoms with Crippen LogP contribution in [-0.2, 0) is 30.8 Å². The molecule has 2 saturated heterocycles. The second kappa shape index (κ2) is 16.9. The van der Waals surface area contributed by atoms with Gasteiger partial charge in [-0.25, -0.2) is 12.8 Å². The van der Waals surface area contributed by atoms with Crippen molar-refractivity contribution in [1.82, 2.24) is 20.0 Å². The molecule has 3 aromatic carbocycles. The molecule has 0 aliphatic carbocycles. The van der Waals surface area contributed by atoms with E-state index in [1.807, 2.05) is 0 Å². The number of nitrogens with one attached hydrogen (secondary N) is 2. The topological polar surface area (TPSA) is 189 Å². The Morgan fingerprint density at radius 3 is 2.40 bits per heavy atom. The molecule has 0 bridgehead atoms. The molecule has 17 heteroatoms. The van der Waals surface area contributed by atoms with Crippen molar-refractivity contribution in [2.24, 2.45) is 0 Å². The van der Waals surface area contributed by atoms with Gasteiger partial charge in [0.1, 0.15) is 21.7 Å². The maximum Gasteiger partial charge on any atom is 0.264 e. The number of carbonyl (C=O) groups is 6. The van der Waals surface area contributed by atoms with Crippen molar-refractivity contribution in [3.05, 3.63) is 87.2 Å². The molecule has 2 atom stereocenters. The Hall–Kier alpha value is -6.12. The summed E-state index contributed by atoms with van der Waals surface area (Å²) in [6.07, 6.45) is 2.64. The summed E-state index contributed by atoms with van der Waals surface area (Å²) in [5.74, 6) is 2.34. The van der Waals surface area contributed by atoms with Gasteiger partial charge < -0.3 is 19.7 Å². The molecule has 3 aromatic rings. The molecule has 0 spiro atoms. The van der Waals surface area contributed by atoms with Crippen molar-refractivity contribution >= 4 is 51.0 Å². The summed E-state index contributed by atoms with van der Waals surface area (Å²) in [4.78, 5) is 82.6. The monoisotopic (exact) mass is 841 g/mol. The predicted molar refractivity (Wildman–Crippen MR) is 216 cm³/mol. The molecule has 4 heterocycles. The zero-order chi connectivity index (χ0) is 43.0. The lowest BCUT2D eigenvalue weighted by Crippen LogP contribution is -2.52. The van der Waals surface area contributed by atoms with E-state index in [1.165, 1.54) is 43.2 Å². The van der Waals surface area contributed by atoms with Crippen molar-refractivity contribution in [1.29, 1.82) is 0 Å². The molecule has 6 amide bonds. The Morgan fingerprint density at radius 1 is 0.983 bits per heavy atom. The first-order chi connectivity index (χ1) is 28.6. The average molecular weight is 842 g/mol. The minimum Gasteiger partial charge on any atom is -0.493 e. The van der Waals surface area contributed by atoms with Crippen LogP contribution in [0.15, 0.2) is 42.5 Å². The van der Waals surface area contributed by atoms with E-state index in [2.05, 4.69) is 27.4 Å². The molecular formula is C43H44FN5O10S. The van der Waals surface area contributed by atoms with Crippen LogP contribution < -0.4 is 20.1 Å². The lowest BCUT2D eigenvalue weighted by molar-refractivity contribution is -0.137. The van der Waals surface area contributed by atoms with E-state index >= 15 is 0 Å². The number of fused-ring (bicyclic) bond motifs is 2. The third-order valence-corrected chi connectivity index (χ3v) is 12.1. The highest BCUT2D eigenvalue weighted by molar-refractivity contribution is 7.90. The van der Waals surface area contributed by atoms with Gasteiger partial charge in [0.2, 0.25) is 17.7 Å². The zero-order valence-corrected chi connectivity index (χ0v) is 34.4. The van der Waals surface area contributed by atoms with Crippen LogP contribution in [0.2, 0.25) is 0 Å². The van der Waals surface area contributed by atoms with Crippen LogP contribution in [0.25, 0.3) is 0 Å². The smallest absolute Gasteiger partial charge is 0.264 e. The van der Waals surface area contributed by atoms with Gasteiger partial charge in [-0.15, -0.1) is 0 Å². The van der Waals surface area contributed by atoms with E-state index in [4.69, 9.17) is 9.47 Å². The van der Waals surface area contributed by atoms with Crippen molar-refractivity contribution in [3.63, 3.8) is 0 Å². The number of likely N-dealkylation sites (tertiary alicyclic amines) is 1. The number of rotatable bonds is 11. The molecule has 7 rings (SSSR count). The van der Waals surface area contributed by atoms with Crippen molar-refractivity contribution in [2.75, 3.05) is 50.7 Å². The zero-order valence-electron chi connectivity index (χ0n) is 33.6. The summed E-state index contributed by atoms with van der Waals surface area (Å²) in [6.45, 7) is 5.01. The van der Waals surface area contributed by atoms with Gasteiger partial charge in [0, 0.05) is 37.3 Å². The molecule has 4 aliphatic rings. The highest BCUT2D eigenvalue weighted by Gasteiger charge is 2.44. The lowest BCUT2D eigenvalue weighted by Gasteiger charge is -2.32. The number of nitrogens with zero attached hydrogens (tertiary/aromatic N) is 3. The third kappa shape index (κ3) is 8.48. The summed E-state index contributed by atoms with van der Waals surface area (Å²) >= 11 is 0. The van der Waals surface area contributed by atoms with E-state index in [0.29, 0.717) is 60.7 Å². The van der Waals surface area contributed by atoms with Gasteiger partial charge in [-0.1, -0.05) is 17.9 Å². The van der Waals surface area contributed by atoms with Gasteiger partial charge in [0.25, 0.3) is 17.7 Å². The Balaban J connectivity index is 1.08. The molecule has 314 valence electrons. The minimum absolute atomic E-state index is 0.0364. The van der Waals surface area contributed by atoms with Crippen LogP contribution in [0.4, 0.5) is 10.1 Å². The molecule has 2 fully saturated rings. The summed E-state index contributed by atoms with van der Waals surface area (Å²) < 4.78 is 51.4. The first kappa shape index (κ1) is 42.0. The first-order valence-electron chi connectivity index (χ1n) is 19.6. The molecule has 0 saturated carbocycles. The van der Waals surface area contributed by atoms with E-state index < -0.39 is 63.0 Å². The molecule has 1 unspecified atom stereocenters. The Labute approximate surface area is 346 Å². The van der Waals surface area contributed by atoms with Crippen molar-refractivity contribution in [2.45, 2.75) is 64.1 Å². The normalized spacial score (nSPS) is 18.8. The van der Waals surface area contributed by atoms with E-state index in [1.54, 1.807) is 25.1 Å². The minimum atomic E-state index is -3.75. The average Bonchev–Trinajstić information content (AvgIpc) is 3.64. The predicted octanol–water partition coefficient (Wildman–Crippen LogP) is 3.57. The fourth-order valence-electron chi connectivity index (χ4n) is 8.48. The van der Waals surface area contributed by atoms with Crippen LogP contribution in [0.3, 0.4) is 0 Å². The maximum absolute atomic E-state index is 14.9. The standard InChI is InChI=1S/C43H44FN5O10S/c1-5-59-37-19-27(8-10-36(37)58-3)35(23-60(4,56)57)49-42(54)31-17-25(18-33(45-24(2)50)39(31)43(49)55)7-6-14-47-15-12-26(13-16-47)29-20-28(44)21-30-32(29)22-48(41(30)53)34-9-11-38(51)46-40(34)52/h8,10,17-21,26,34-35H,5,9,11-16,22-23H2,1-4H3,(H,45,50)(H,46,51,52)/t34?,35-/m1/s1. The quantitative estimate of drug-likeness (QED) is 0.212. The van der Waals surface area contributed by atoms with Gasteiger partial charge in [0.15, 0.2) is 11.5 Å². The number of benzene rings is 3. The highest BCUT2D eigenvalue weighted by Crippen LogP contribution is 2.40. The second-order valence-corrected chi connectivity index (χ2v) is 17.5. The van der Waals surface area contributed by atoms with Crippen LogP contribution in [0.5, 0.6) is 11.5 Å². The molecular weight excluding hydrogens is 798 g/mol. The summed E-state index contributed by atoms with van der Waals surface area (Å²) in [5.41, 5.74) is 2.29. The molecule has 2 N–H and O–H groups in total. The highest BCUT2D eigenvalue weighted by atomic mass is 32.2. The van der Waals surface area contributed by atoms with Crippen molar-refractivity contribution < 1.29 is 51.0 Å². The van der Waals surface area contributed by atoms with Gasteiger partial charge in [-0.05, 0) is 98.3 Å². The number of carbonyl (C=O) groups excluding carboxylic acids is 6. The Bertz CT molecular complexity index is 2510. The van der Waals surface area contributed by atoms with Crippen LogP contribution >= 0.6 is 0 Å². The number of sulfone groups is 1. The third-order valence-electron chi connectivity index (χ3n) is 11.2. The number of hydrogen-bond donors (Lipinski definition) is 2. The van der Waals surface area contributed by atoms with Gasteiger partial charge in [-0.2, -0.15) is 0 Å². The summed E-state index contributed by atoms with van der Waals surface area (Å²) in [5, 5.41) is 4.93. The van der Waals surface area contributed by atoms with E-state index in [9.17, 15) is 41.6 Å². The van der Waals surface area contributed by atoms with Crippen LogP contribution in [0.1, 0.15) is 105 Å². The number of halogens is 1. The van der Waals surface area contributed by atoms with Gasteiger partial charge in [0.05, 0.1) is 48.9 Å². The number of hydrogen-bond acceptors (Lipinski definition) is 11. The van der Waals surface area contributed by atoms with Crippen LogP contribution in [-0.4, -0.2) is 110 Å². The number of imide groups is 2. The number of ether oxygens (including phenoxy) is 2. The van der Waals surface area contributed by atoms with Gasteiger partial charge >= 0.3 is 0 Å².